The summed E-state index contributed by atoms with van der Waals surface area (Å²) in [5.74, 6) is 0.146. The second-order valence-corrected chi connectivity index (χ2v) is 7.50. The van der Waals surface area contributed by atoms with Gasteiger partial charge < -0.3 is 9.64 Å². The molecule has 0 bridgehead atoms. The van der Waals surface area contributed by atoms with E-state index in [4.69, 9.17) is 4.74 Å². The fourth-order valence-corrected chi connectivity index (χ4v) is 3.79. The monoisotopic (exact) mass is 405 g/mol. The molecule has 1 amide bonds. The van der Waals surface area contributed by atoms with Gasteiger partial charge in [-0.1, -0.05) is 24.3 Å². The largest absolute Gasteiger partial charge is 0.465 e. The minimum atomic E-state index is -0.330. The van der Waals surface area contributed by atoms with Crippen molar-refractivity contribution in [2.75, 3.05) is 20.2 Å². The summed E-state index contributed by atoms with van der Waals surface area (Å²) in [6.45, 7) is 2.07. The van der Waals surface area contributed by atoms with Crippen LogP contribution in [-0.2, 0) is 17.7 Å². The summed E-state index contributed by atoms with van der Waals surface area (Å²) in [7, 11) is 1.38. The van der Waals surface area contributed by atoms with Crippen LogP contribution in [0, 0.1) is 5.92 Å². The third kappa shape index (κ3) is 4.53. The van der Waals surface area contributed by atoms with E-state index in [2.05, 4.69) is 15.5 Å². The van der Waals surface area contributed by atoms with E-state index in [1.165, 1.54) is 7.11 Å². The predicted molar refractivity (Wildman–Crippen MR) is 109 cm³/mol. The highest BCUT2D eigenvalue weighted by Crippen LogP contribution is 2.23. The number of carbonyl (C=O) groups is 2. The lowest BCUT2D eigenvalue weighted by Gasteiger charge is -2.17. The third-order valence-electron chi connectivity index (χ3n) is 5.41. The van der Waals surface area contributed by atoms with E-state index in [1.54, 1.807) is 23.1 Å². The van der Waals surface area contributed by atoms with Crippen LogP contribution in [0.5, 0.6) is 0 Å². The quantitative estimate of drug-likeness (QED) is 0.584. The van der Waals surface area contributed by atoms with E-state index in [9.17, 15) is 9.59 Å². The number of esters is 1. The lowest BCUT2D eigenvalue weighted by molar-refractivity contribution is 0.0600. The molecule has 2 heterocycles. The van der Waals surface area contributed by atoms with Crippen molar-refractivity contribution in [2.24, 2.45) is 5.92 Å². The van der Waals surface area contributed by atoms with Crippen molar-refractivity contribution >= 4 is 11.9 Å². The van der Waals surface area contributed by atoms with Gasteiger partial charge in [0.15, 0.2) is 0 Å². The zero-order chi connectivity index (χ0) is 20.9. The fraction of sp³-hybridized carbons (Fsp3) is 0.318. The number of nitrogens with zero attached hydrogens (tertiary/aromatic N) is 5. The number of rotatable bonds is 6. The van der Waals surface area contributed by atoms with E-state index in [-0.39, 0.29) is 11.9 Å². The van der Waals surface area contributed by atoms with Crippen molar-refractivity contribution < 1.29 is 14.3 Å². The van der Waals surface area contributed by atoms with E-state index in [1.807, 2.05) is 41.3 Å². The normalized spacial score (nSPS) is 15.9. The topological polar surface area (TPSA) is 90.2 Å². The SMILES string of the molecule is COC(=O)c1ccc(CC2CCN(C(=O)c3ccc(Cn4cnnn4)cc3)C2)cc1. The van der Waals surface area contributed by atoms with Crippen molar-refractivity contribution in [3.63, 3.8) is 0 Å². The molecule has 3 aromatic rings. The van der Waals surface area contributed by atoms with Gasteiger partial charge in [-0.05, 0) is 64.6 Å². The smallest absolute Gasteiger partial charge is 0.337 e. The minimum Gasteiger partial charge on any atom is -0.465 e. The number of amides is 1. The average molecular weight is 405 g/mol. The predicted octanol–water partition coefficient (Wildman–Crippen LogP) is 2.21. The Morgan fingerprint density at radius 2 is 1.73 bits per heavy atom. The number of methoxy groups -OCH3 is 1. The van der Waals surface area contributed by atoms with Crippen LogP contribution in [0.3, 0.4) is 0 Å². The van der Waals surface area contributed by atoms with Gasteiger partial charge >= 0.3 is 5.97 Å². The van der Waals surface area contributed by atoms with Crippen LogP contribution in [-0.4, -0.2) is 57.2 Å². The van der Waals surface area contributed by atoms with Gasteiger partial charge in [0, 0.05) is 18.7 Å². The first kappa shape index (κ1) is 19.8. The lowest BCUT2D eigenvalue weighted by atomic mass is 9.98. The molecule has 1 aromatic heterocycles. The molecule has 8 heteroatoms. The summed E-state index contributed by atoms with van der Waals surface area (Å²) < 4.78 is 6.37. The molecule has 1 fully saturated rings. The molecule has 8 nitrogen and oxygen atoms in total. The summed E-state index contributed by atoms with van der Waals surface area (Å²) in [5.41, 5.74) is 3.44. The molecule has 1 atom stereocenters. The maximum atomic E-state index is 12.9. The van der Waals surface area contributed by atoms with Gasteiger partial charge in [-0.3, -0.25) is 4.79 Å². The minimum absolute atomic E-state index is 0.0625. The Kier molecular flexibility index (Phi) is 5.83. The Balaban J connectivity index is 1.32. The van der Waals surface area contributed by atoms with E-state index in [0.717, 1.165) is 37.1 Å². The van der Waals surface area contributed by atoms with Crippen LogP contribution in [0.15, 0.2) is 54.9 Å². The fourth-order valence-electron chi connectivity index (χ4n) is 3.79. The number of hydrogen-bond donors (Lipinski definition) is 0. The van der Waals surface area contributed by atoms with Crippen LogP contribution in [0.4, 0.5) is 0 Å². The van der Waals surface area contributed by atoms with Crippen LogP contribution >= 0.6 is 0 Å². The van der Waals surface area contributed by atoms with E-state index >= 15 is 0 Å². The second kappa shape index (κ2) is 8.86. The van der Waals surface area contributed by atoms with Crippen LogP contribution < -0.4 is 0 Å². The Hall–Kier alpha value is -3.55. The Morgan fingerprint density at radius 1 is 1.03 bits per heavy atom. The first-order chi connectivity index (χ1) is 14.6. The molecule has 0 N–H and O–H groups in total. The maximum absolute atomic E-state index is 12.9. The first-order valence-electron chi connectivity index (χ1n) is 9.88. The van der Waals surface area contributed by atoms with E-state index < -0.39 is 0 Å². The standard InChI is InChI=1S/C22H23N5O3/c1-30-22(29)20-8-2-16(3-9-20)12-18-10-11-26(13-18)21(28)19-6-4-17(5-7-19)14-27-15-23-24-25-27/h2-9,15,18H,10-14H2,1H3. The van der Waals surface area contributed by atoms with Gasteiger partial charge in [0.2, 0.25) is 0 Å². The Bertz CT molecular complexity index is 1000. The van der Waals surface area contributed by atoms with Crippen LogP contribution in [0.25, 0.3) is 0 Å². The number of ether oxygens (including phenoxy) is 1. The Morgan fingerprint density at radius 3 is 2.40 bits per heavy atom. The number of carbonyl (C=O) groups excluding carboxylic acids is 2. The maximum Gasteiger partial charge on any atom is 0.337 e. The molecule has 0 spiro atoms. The lowest BCUT2D eigenvalue weighted by Crippen LogP contribution is -2.28. The zero-order valence-corrected chi connectivity index (χ0v) is 16.8. The van der Waals surface area contributed by atoms with Crippen molar-refractivity contribution in [1.82, 2.24) is 25.1 Å². The molecule has 0 aliphatic carbocycles. The number of benzene rings is 2. The molecular weight excluding hydrogens is 382 g/mol. The molecular formula is C22H23N5O3. The summed E-state index contributed by atoms with van der Waals surface area (Å²) >= 11 is 0. The van der Waals surface area contributed by atoms with Gasteiger partial charge in [-0.25, -0.2) is 9.48 Å². The van der Waals surface area contributed by atoms with Gasteiger partial charge in [-0.2, -0.15) is 0 Å². The zero-order valence-electron chi connectivity index (χ0n) is 16.8. The number of aromatic nitrogens is 4. The summed E-state index contributed by atoms with van der Waals surface area (Å²) in [6.07, 6.45) is 3.42. The van der Waals surface area contributed by atoms with Crippen molar-refractivity contribution in [2.45, 2.75) is 19.4 Å². The number of hydrogen-bond acceptors (Lipinski definition) is 6. The molecule has 0 saturated carbocycles. The average Bonchev–Trinajstić information content (AvgIpc) is 3.46. The molecule has 1 aliphatic heterocycles. The Labute approximate surface area is 174 Å². The molecule has 30 heavy (non-hydrogen) atoms. The molecule has 1 aliphatic rings. The third-order valence-corrected chi connectivity index (χ3v) is 5.41. The van der Waals surface area contributed by atoms with Crippen LogP contribution in [0.2, 0.25) is 0 Å². The molecule has 1 unspecified atom stereocenters. The van der Waals surface area contributed by atoms with Gasteiger partial charge in [0.05, 0.1) is 19.2 Å². The van der Waals surface area contributed by atoms with Gasteiger partial charge in [-0.15, -0.1) is 5.10 Å². The molecule has 154 valence electrons. The van der Waals surface area contributed by atoms with Crippen molar-refractivity contribution in [3.05, 3.63) is 77.1 Å². The van der Waals surface area contributed by atoms with Crippen molar-refractivity contribution in [1.29, 1.82) is 0 Å². The highest BCUT2D eigenvalue weighted by Gasteiger charge is 2.27. The van der Waals surface area contributed by atoms with Gasteiger partial charge in [0.25, 0.3) is 5.91 Å². The first-order valence-corrected chi connectivity index (χ1v) is 9.88. The summed E-state index contributed by atoms with van der Waals surface area (Å²) in [6, 6.07) is 15.1. The highest BCUT2D eigenvalue weighted by atomic mass is 16.5. The highest BCUT2D eigenvalue weighted by molar-refractivity contribution is 5.94. The van der Waals surface area contributed by atoms with Crippen molar-refractivity contribution in [3.8, 4) is 0 Å². The summed E-state index contributed by atoms with van der Waals surface area (Å²) in [5, 5.41) is 11.1. The molecule has 4 rings (SSSR count). The molecule has 2 aromatic carbocycles. The second-order valence-electron chi connectivity index (χ2n) is 7.50. The number of likely N-dealkylation sites (tertiary alicyclic amines) is 1. The van der Waals surface area contributed by atoms with Crippen LogP contribution in [0.1, 0.15) is 38.3 Å². The molecule has 0 radical (unpaired) electrons. The van der Waals surface area contributed by atoms with E-state index in [0.29, 0.717) is 23.6 Å². The van der Waals surface area contributed by atoms with Gasteiger partial charge in [0.1, 0.15) is 6.33 Å². The number of tetrazole rings is 1. The summed E-state index contributed by atoms with van der Waals surface area (Å²) in [4.78, 5) is 26.3. The molecule has 1 saturated heterocycles.